The van der Waals surface area contributed by atoms with E-state index in [1.807, 2.05) is 7.05 Å². The molecular formula is C7H21N4P. The van der Waals surface area contributed by atoms with Gasteiger partial charge in [0, 0.05) is 7.05 Å². The van der Waals surface area contributed by atoms with Gasteiger partial charge < -0.3 is 0 Å². The Morgan fingerprint density at radius 3 is 1.00 bits per heavy atom. The molecule has 4 nitrogen and oxygen atoms in total. The third-order valence-electron chi connectivity index (χ3n) is 1.88. The molecule has 0 aromatic rings. The molecule has 0 aliphatic heterocycles. The van der Waals surface area contributed by atoms with Crippen LogP contribution in [0.3, 0.4) is 0 Å². The van der Waals surface area contributed by atoms with Crippen molar-refractivity contribution in [1.29, 1.82) is 0 Å². The van der Waals surface area contributed by atoms with Crippen LogP contribution in [0.4, 0.5) is 0 Å². The van der Waals surface area contributed by atoms with Crippen LogP contribution < -0.4 is 0 Å². The van der Waals surface area contributed by atoms with Crippen molar-refractivity contribution in [3.8, 4) is 0 Å². The maximum Gasteiger partial charge on any atom is 0.166 e. The number of hydrogen-bond acceptors (Lipinski definition) is 1. The second kappa shape index (κ2) is 4.38. The minimum atomic E-state index is -1.57. The highest BCUT2D eigenvalue weighted by atomic mass is 31.2. The fourth-order valence-corrected chi connectivity index (χ4v) is 4.83. The Labute approximate surface area is 76.4 Å². The molecule has 0 unspecified atom stereocenters. The van der Waals surface area contributed by atoms with E-state index in [9.17, 15) is 0 Å². The Morgan fingerprint density at radius 2 is 1.00 bits per heavy atom. The van der Waals surface area contributed by atoms with E-state index < -0.39 is 7.51 Å². The van der Waals surface area contributed by atoms with Crippen LogP contribution >= 0.6 is 7.51 Å². The largest absolute Gasteiger partial charge is 0.264 e. The summed E-state index contributed by atoms with van der Waals surface area (Å²) in [6.45, 7) is 0. The second-order valence-electron chi connectivity index (χ2n) is 3.28. The van der Waals surface area contributed by atoms with Gasteiger partial charge in [-0.3, -0.25) is 18.8 Å². The molecule has 0 aromatic heterocycles. The summed E-state index contributed by atoms with van der Waals surface area (Å²) in [5.74, 6) is 0. The SMILES string of the molecule is CN=P(N(C)C)(N(C)C)N(C)C. The highest BCUT2D eigenvalue weighted by molar-refractivity contribution is 7.58. The van der Waals surface area contributed by atoms with Gasteiger partial charge >= 0.3 is 0 Å². The normalized spacial score (nSPS) is 13.2. The third kappa shape index (κ3) is 1.88. The van der Waals surface area contributed by atoms with Gasteiger partial charge in [-0.15, -0.1) is 0 Å². The summed E-state index contributed by atoms with van der Waals surface area (Å²) in [5, 5.41) is 0. The average Bonchev–Trinajstić information content (AvgIpc) is 1.86. The smallest absolute Gasteiger partial charge is 0.166 e. The molecule has 0 saturated heterocycles. The highest BCUT2D eigenvalue weighted by Crippen LogP contribution is 2.53. The fourth-order valence-electron chi connectivity index (χ4n) is 1.61. The third-order valence-corrected chi connectivity index (χ3v) is 5.63. The van der Waals surface area contributed by atoms with Crippen LogP contribution in [0, 0.1) is 0 Å². The van der Waals surface area contributed by atoms with Crippen LogP contribution in [0.1, 0.15) is 0 Å². The number of rotatable bonds is 3. The van der Waals surface area contributed by atoms with Gasteiger partial charge in [0.2, 0.25) is 0 Å². The molecule has 5 heteroatoms. The molecular weight excluding hydrogens is 171 g/mol. The van der Waals surface area contributed by atoms with Crippen molar-refractivity contribution in [1.82, 2.24) is 14.0 Å². The van der Waals surface area contributed by atoms with Crippen molar-refractivity contribution in [2.75, 3.05) is 49.3 Å². The van der Waals surface area contributed by atoms with Gasteiger partial charge in [0.15, 0.2) is 7.51 Å². The summed E-state index contributed by atoms with van der Waals surface area (Å²) in [5.41, 5.74) is 0. The van der Waals surface area contributed by atoms with Crippen molar-refractivity contribution in [3.05, 3.63) is 0 Å². The van der Waals surface area contributed by atoms with Crippen LogP contribution in [0.15, 0.2) is 4.74 Å². The van der Waals surface area contributed by atoms with Crippen molar-refractivity contribution in [2.45, 2.75) is 0 Å². The van der Waals surface area contributed by atoms with E-state index in [0.717, 1.165) is 0 Å². The first-order chi connectivity index (χ1) is 5.39. The predicted octanol–water partition coefficient (Wildman–Crippen LogP) is 1.25. The number of nitrogens with zero attached hydrogens (tertiary/aromatic N) is 4. The summed E-state index contributed by atoms with van der Waals surface area (Å²) < 4.78 is 11.1. The molecule has 0 N–H and O–H groups in total. The van der Waals surface area contributed by atoms with E-state index in [1.165, 1.54) is 0 Å². The Kier molecular flexibility index (Phi) is 4.42. The summed E-state index contributed by atoms with van der Waals surface area (Å²) in [6, 6.07) is 0. The minimum Gasteiger partial charge on any atom is -0.264 e. The maximum atomic E-state index is 4.51. The molecule has 0 bridgehead atoms. The monoisotopic (exact) mass is 192 g/mol. The van der Waals surface area contributed by atoms with Gasteiger partial charge in [0.1, 0.15) is 0 Å². The zero-order chi connectivity index (χ0) is 9.94. The maximum absolute atomic E-state index is 4.51. The molecule has 0 rings (SSSR count). The van der Waals surface area contributed by atoms with Gasteiger partial charge in [0.25, 0.3) is 0 Å². The average molecular weight is 192 g/mol. The standard InChI is InChI=1S/C7H21N4P/c1-8-12(9(2)3,10(4)5)11(6)7/h1-7H3. The van der Waals surface area contributed by atoms with E-state index in [4.69, 9.17) is 0 Å². The molecule has 12 heavy (non-hydrogen) atoms. The molecule has 0 amide bonds. The van der Waals surface area contributed by atoms with Crippen molar-refractivity contribution in [3.63, 3.8) is 0 Å². The molecule has 74 valence electrons. The lowest BCUT2D eigenvalue weighted by Gasteiger charge is -2.40. The predicted molar refractivity (Wildman–Crippen MR) is 56.3 cm³/mol. The van der Waals surface area contributed by atoms with Crippen LogP contribution in [0.25, 0.3) is 0 Å². The Balaban J connectivity index is 5.08. The Bertz CT molecular complexity index is 157. The Hall–Kier alpha value is 0.110. The first-order valence-electron chi connectivity index (χ1n) is 3.93. The number of hydrogen-bond donors (Lipinski definition) is 0. The molecule has 0 aromatic carbocycles. The summed E-state index contributed by atoms with van der Waals surface area (Å²) >= 11 is 0. The fraction of sp³-hybridized carbons (Fsp3) is 1.00. The van der Waals surface area contributed by atoms with E-state index >= 15 is 0 Å². The zero-order valence-electron chi connectivity index (χ0n) is 9.24. The minimum absolute atomic E-state index is 1.57. The van der Waals surface area contributed by atoms with Crippen LogP contribution in [-0.4, -0.2) is 63.3 Å². The van der Waals surface area contributed by atoms with E-state index in [0.29, 0.717) is 0 Å². The van der Waals surface area contributed by atoms with Crippen LogP contribution in [0.2, 0.25) is 0 Å². The van der Waals surface area contributed by atoms with Crippen molar-refractivity contribution < 1.29 is 0 Å². The zero-order valence-corrected chi connectivity index (χ0v) is 10.1. The van der Waals surface area contributed by atoms with Gasteiger partial charge in [-0.2, -0.15) is 0 Å². The van der Waals surface area contributed by atoms with Crippen LogP contribution in [0.5, 0.6) is 0 Å². The summed E-state index contributed by atoms with van der Waals surface area (Å²) in [6.07, 6.45) is 0. The van der Waals surface area contributed by atoms with E-state index in [1.54, 1.807) is 0 Å². The van der Waals surface area contributed by atoms with Crippen molar-refractivity contribution in [2.24, 2.45) is 4.74 Å². The van der Waals surface area contributed by atoms with E-state index in [2.05, 4.69) is 61.0 Å². The van der Waals surface area contributed by atoms with Gasteiger partial charge in [0.05, 0.1) is 0 Å². The summed E-state index contributed by atoms with van der Waals surface area (Å²) in [7, 11) is 12.7. The molecule has 0 radical (unpaired) electrons. The first kappa shape index (κ1) is 12.1. The quantitative estimate of drug-likeness (QED) is 0.628. The first-order valence-corrected chi connectivity index (χ1v) is 5.53. The lowest BCUT2D eigenvalue weighted by molar-refractivity contribution is 0.473. The van der Waals surface area contributed by atoms with Gasteiger partial charge in [-0.25, -0.2) is 0 Å². The molecule has 0 fully saturated rings. The topological polar surface area (TPSA) is 22.1 Å². The van der Waals surface area contributed by atoms with Gasteiger partial charge in [-0.1, -0.05) is 0 Å². The lowest BCUT2D eigenvalue weighted by Crippen LogP contribution is -2.30. The van der Waals surface area contributed by atoms with Gasteiger partial charge in [-0.05, 0) is 42.3 Å². The second-order valence-corrected chi connectivity index (χ2v) is 7.15. The molecule has 0 aliphatic rings. The summed E-state index contributed by atoms with van der Waals surface area (Å²) in [4.78, 5) is 0. The molecule has 0 heterocycles. The van der Waals surface area contributed by atoms with Crippen molar-refractivity contribution >= 4 is 7.51 Å². The molecule has 0 atom stereocenters. The Morgan fingerprint density at radius 1 is 0.750 bits per heavy atom. The van der Waals surface area contributed by atoms with Crippen LogP contribution in [-0.2, 0) is 0 Å². The molecule has 0 aliphatic carbocycles. The molecule has 0 spiro atoms. The van der Waals surface area contributed by atoms with E-state index in [-0.39, 0.29) is 0 Å². The lowest BCUT2D eigenvalue weighted by atomic mass is 11.2. The molecule has 0 saturated carbocycles. The highest BCUT2D eigenvalue weighted by Gasteiger charge is 2.26.